The fourth-order valence-electron chi connectivity index (χ4n) is 1.97. The molecule has 1 aliphatic heterocycles. The Labute approximate surface area is 96.4 Å². The first-order valence-corrected chi connectivity index (χ1v) is 5.95. The smallest absolute Gasteiger partial charge is 0.235 e. The van der Waals surface area contributed by atoms with Gasteiger partial charge in [0.2, 0.25) is 11.8 Å². The lowest BCUT2D eigenvalue weighted by Crippen LogP contribution is -2.46. The maximum Gasteiger partial charge on any atom is 0.235 e. The third kappa shape index (κ3) is 3.81. The zero-order valence-electron chi connectivity index (χ0n) is 9.87. The minimum atomic E-state index is -0.528. The standard InChI is InChI=1S/C11H21N3O2/c1-2-13-9(11(12)16)8-10(15)14-6-4-3-5-7-14/h9,13H,2-8H2,1H3,(H2,12,16). The van der Waals surface area contributed by atoms with Crippen LogP contribution in [-0.2, 0) is 9.59 Å². The largest absolute Gasteiger partial charge is 0.368 e. The van der Waals surface area contributed by atoms with Crippen LogP contribution in [0.2, 0.25) is 0 Å². The van der Waals surface area contributed by atoms with Gasteiger partial charge < -0.3 is 16.0 Å². The molecule has 1 heterocycles. The number of nitrogens with zero attached hydrogens (tertiary/aromatic N) is 1. The van der Waals surface area contributed by atoms with Crippen LogP contribution >= 0.6 is 0 Å². The van der Waals surface area contributed by atoms with Gasteiger partial charge in [-0.25, -0.2) is 0 Å². The number of carbonyl (C=O) groups is 2. The molecule has 3 N–H and O–H groups in total. The van der Waals surface area contributed by atoms with Crippen LogP contribution in [0.5, 0.6) is 0 Å². The third-order valence-corrected chi connectivity index (χ3v) is 2.88. The van der Waals surface area contributed by atoms with Crippen LogP contribution in [-0.4, -0.2) is 42.4 Å². The van der Waals surface area contributed by atoms with Crippen molar-refractivity contribution in [3.63, 3.8) is 0 Å². The summed E-state index contributed by atoms with van der Waals surface area (Å²) in [5.74, 6) is -0.420. The second-order valence-corrected chi connectivity index (χ2v) is 4.16. The number of piperidine rings is 1. The van der Waals surface area contributed by atoms with Crippen LogP contribution in [0.4, 0.5) is 0 Å². The van der Waals surface area contributed by atoms with Crippen molar-refractivity contribution in [3.05, 3.63) is 0 Å². The monoisotopic (exact) mass is 227 g/mol. The van der Waals surface area contributed by atoms with Crippen molar-refractivity contribution in [2.45, 2.75) is 38.6 Å². The number of primary amides is 1. The summed E-state index contributed by atoms with van der Waals surface area (Å²) >= 11 is 0. The Morgan fingerprint density at radius 2 is 1.94 bits per heavy atom. The molecule has 0 aliphatic carbocycles. The minimum Gasteiger partial charge on any atom is -0.368 e. The molecule has 5 nitrogen and oxygen atoms in total. The van der Waals surface area contributed by atoms with Crippen LogP contribution in [0.15, 0.2) is 0 Å². The van der Waals surface area contributed by atoms with Crippen LogP contribution in [0.25, 0.3) is 0 Å². The Kier molecular flexibility index (Phi) is 5.25. The third-order valence-electron chi connectivity index (χ3n) is 2.88. The number of nitrogens with two attached hydrogens (primary N) is 1. The van der Waals surface area contributed by atoms with E-state index in [1.54, 1.807) is 0 Å². The molecule has 0 radical (unpaired) electrons. The molecule has 1 atom stereocenters. The van der Waals surface area contributed by atoms with E-state index in [2.05, 4.69) is 5.32 Å². The van der Waals surface area contributed by atoms with Crippen molar-refractivity contribution in [2.75, 3.05) is 19.6 Å². The fraction of sp³-hybridized carbons (Fsp3) is 0.818. The molecule has 0 bridgehead atoms. The Balaban J connectivity index is 2.43. The van der Waals surface area contributed by atoms with E-state index >= 15 is 0 Å². The second-order valence-electron chi connectivity index (χ2n) is 4.16. The van der Waals surface area contributed by atoms with Crippen molar-refractivity contribution in [1.82, 2.24) is 10.2 Å². The predicted molar refractivity (Wildman–Crippen MR) is 61.7 cm³/mol. The van der Waals surface area contributed by atoms with E-state index in [4.69, 9.17) is 5.73 Å². The van der Waals surface area contributed by atoms with E-state index in [9.17, 15) is 9.59 Å². The minimum absolute atomic E-state index is 0.0319. The van der Waals surface area contributed by atoms with Gasteiger partial charge in [-0.1, -0.05) is 6.92 Å². The summed E-state index contributed by atoms with van der Waals surface area (Å²) in [6.07, 6.45) is 3.50. The molecule has 1 fully saturated rings. The molecule has 1 aliphatic rings. The lowest BCUT2D eigenvalue weighted by molar-refractivity contribution is -0.135. The van der Waals surface area contributed by atoms with Crippen LogP contribution in [0.3, 0.4) is 0 Å². The van der Waals surface area contributed by atoms with Crippen molar-refractivity contribution in [1.29, 1.82) is 0 Å². The quantitative estimate of drug-likeness (QED) is 0.686. The SMILES string of the molecule is CCNC(CC(=O)N1CCCCC1)C(N)=O. The van der Waals surface area contributed by atoms with Crippen LogP contribution in [0, 0.1) is 0 Å². The van der Waals surface area contributed by atoms with Gasteiger partial charge in [-0.3, -0.25) is 9.59 Å². The maximum atomic E-state index is 11.9. The van der Waals surface area contributed by atoms with Gasteiger partial charge in [-0.05, 0) is 25.8 Å². The molecular weight excluding hydrogens is 206 g/mol. The predicted octanol–water partition coefficient (Wildman–Crippen LogP) is -0.148. The highest BCUT2D eigenvalue weighted by Crippen LogP contribution is 2.10. The zero-order valence-corrected chi connectivity index (χ0v) is 9.87. The Bertz CT molecular complexity index is 250. The normalized spacial score (nSPS) is 18.2. The molecule has 2 amide bonds. The molecule has 0 aromatic heterocycles. The van der Waals surface area contributed by atoms with Crippen molar-refractivity contribution < 1.29 is 9.59 Å². The molecule has 0 aromatic rings. The van der Waals surface area contributed by atoms with Crippen LogP contribution < -0.4 is 11.1 Å². The molecule has 0 aromatic carbocycles. The van der Waals surface area contributed by atoms with E-state index in [1.165, 1.54) is 6.42 Å². The van der Waals surface area contributed by atoms with Crippen LogP contribution in [0.1, 0.15) is 32.6 Å². The number of carbonyl (C=O) groups excluding carboxylic acids is 2. The van der Waals surface area contributed by atoms with Gasteiger partial charge in [0.05, 0.1) is 12.5 Å². The fourth-order valence-corrected chi connectivity index (χ4v) is 1.97. The van der Waals surface area contributed by atoms with Gasteiger partial charge in [0, 0.05) is 13.1 Å². The maximum absolute atomic E-state index is 11.9. The van der Waals surface area contributed by atoms with Crippen molar-refractivity contribution in [3.8, 4) is 0 Å². The van der Waals surface area contributed by atoms with E-state index in [1.807, 2.05) is 11.8 Å². The van der Waals surface area contributed by atoms with Gasteiger partial charge in [0.25, 0.3) is 0 Å². The van der Waals surface area contributed by atoms with Gasteiger partial charge >= 0.3 is 0 Å². The summed E-state index contributed by atoms with van der Waals surface area (Å²) < 4.78 is 0. The molecule has 1 saturated heterocycles. The first-order valence-electron chi connectivity index (χ1n) is 5.95. The van der Waals surface area contributed by atoms with E-state index in [-0.39, 0.29) is 12.3 Å². The van der Waals surface area contributed by atoms with Gasteiger partial charge in [-0.15, -0.1) is 0 Å². The molecule has 0 spiro atoms. The van der Waals surface area contributed by atoms with Gasteiger partial charge in [0.15, 0.2) is 0 Å². The summed E-state index contributed by atoms with van der Waals surface area (Å²) in [6.45, 7) is 4.16. The van der Waals surface area contributed by atoms with E-state index in [0.29, 0.717) is 6.54 Å². The summed E-state index contributed by atoms with van der Waals surface area (Å²) in [7, 11) is 0. The number of nitrogens with one attached hydrogen (secondary N) is 1. The number of hydrogen-bond donors (Lipinski definition) is 2. The Morgan fingerprint density at radius 3 is 2.44 bits per heavy atom. The average Bonchev–Trinajstić information content (AvgIpc) is 2.29. The van der Waals surface area contributed by atoms with E-state index in [0.717, 1.165) is 25.9 Å². The highest BCUT2D eigenvalue weighted by molar-refractivity contribution is 5.87. The highest BCUT2D eigenvalue weighted by Gasteiger charge is 2.23. The number of hydrogen-bond acceptors (Lipinski definition) is 3. The van der Waals surface area contributed by atoms with Crippen molar-refractivity contribution >= 4 is 11.8 Å². The van der Waals surface area contributed by atoms with Gasteiger partial charge in [-0.2, -0.15) is 0 Å². The first kappa shape index (κ1) is 13.0. The lowest BCUT2D eigenvalue weighted by atomic mass is 10.1. The average molecular weight is 227 g/mol. The summed E-state index contributed by atoms with van der Waals surface area (Å²) in [5, 5.41) is 2.93. The first-order chi connectivity index (χ1) is 7.65. The highest BCUT2D eigenvalue weighted by atomic mass is 16.2. The summed E-state index contributed by atoms with van der Waals surface area (Å²) in [6, 6.07) is -0.528. The van der Waals surface area contributed by atoms with E-state index < -0.39 is 11.9 Å². The Morgan fingerprint density at radius 1 is 1.31 bits per heavy atom. The summed E-state index contributed by atoms with van der Waals surface area (Å²) in [5.41, 5.74) is 5.23. The number of rotatable bonds is 5. The number of amides is 2. The molecule has 92 valence electrons. The molecule has 0 saturated carbocycles. The van der Waals surface area contributed by atoms with Crippen molar-refractivity contribution in [2.24, 2.45) is 5.73 Å². The number of likely N-dealkylation sites (N-methyl/N-ethyl adjacent to an activating group) is 1. The molecule has 1 unspecified atom stereocenters. The molecule has 1 rings (SSSR count). The summed E-state index contributed by atoms with van der Waals surface area (Å²) in [4.78, 5) is 24.8. The number of likely N-dealkylation sites (tertiary alicyclic amines) is 1. The molecule has 16 heavy (non-hydrogen) atoms. The topological polar surface area (TPSA) is 75.4 Å². The molecule has 5 heteroatoms. The molecular formula is C11H21N3O2. The van der Waals surface area contributed by atoms with Gasteiger partial charge in [0.1, 0.15) is 0 Å². The Hall–Kier alpha value is -1.10. The lowest BCUT2D eigenvalue weighted by Gasteiger charge is -2.28. The second kappa shape index (κ2) is 6.48. The zero-order chi connectivity index (χ0) is 12.0.